The van der Waals surface area contributed by atoms with E-state index in [1.807, 2.05) is 30.3 Å². The van der Waals surface area contributed by atoms with Crippen LogP contribution in [-0.2, 0) is 22.5 Å². The summed E-state index contributed by atoms with van der Waals surface area (Å²) in [5.41, 5.74) is 1.84. The first-order valence-corrected chi connectivity index (χ1v) is 10.9. The highest BCUT2D eigenvalue weighted by atomic mass is 32.1. The van der Waals surface area contributed by atoms with Gasteiger partial charge in [-0.1, -0.05) is 5.16 Å². The smallest absolute Gasteiger partial charge is 0.222 e. The van der Waals surface area contributed by atoms with Crippen LogP contribution < -0.4 is 0 Å². The summed E-state index contributed by atoms with van der Waals surface area (Å²) in [6, 6.07) is 0. The Morgan fingerprint density at radius 3 is 2.79 bits per heavy atom. The van der Waals surface area contributed by atoms with Crippen molar-refractivity contribution in [1.82, 2.24) is 19.9 Å². The molecule has 2 aromatic heterocycles. The molecule has 0 saturated carbocycles. The van der Waals surface area contributed by atoms with Gasteiger partial charge in [-0.05, 0) is 33.1 Å². The maximum Gasteiger partial charge on any atom is 0.222 e. The summed E-state index contributed by atoms with van der Waals surface area (Å²) >= 11 is 1.70. The predicted octanol–water partition coefficient (Wildman–Crippen LogP) is 2.57. The third-order valence-electron chi connectivity index (χ3n) is 5.97. The van der Waals surface area contributed by atoms with E-state index < -0.39 is 0 Å². The van der Waals surface area contributed by atoms with Gasteiger partial charge in [0, 0.05) is 49.7 Å². The molecular weight excluding hydrogens is 376 g/mol. The van der Waals surface area contributed by atoms with Crippen molar-refractivity contribution in [1.29, 1.82) is 0 Å². The number of aryl methyl sites for hydroxylation is 2. The molecule has 2 aliphatic heterocycles. The Morgan fingerprint density at radius 1 is 1.29 bits per heavy atom. The van der Waals surface area contributed by atoms with E-state index in [-0.39, 0.29) is 11.5 Å². The monoisotopic (exact) mass is 404 g/mol. The Labute approximate surface area is 169 Å². The summed E-state index contributed by atoms with van der Waals surface area (Å²) in [5.74, 6) is 1.03. The maximum absolute atomic E-state index is 12.7. The topological polar surface area (TPSA) is 71.7 Å². The molecule has 2 aliphatic rings. The van der Waals surface area contributed by atoms with Crippen molar-refractivity contribution in [3.8, 4) is 0 Å². The highest BCUT2D eigenvalue weighted by Gasteiger charge is 2.40. The van der Waals surface area contributed by atoms with E-state index in [0.717, 1.165) is 74.2 Å². The van der Waals surface area contributed by atoms with Gasteiger partial charge >= 0.3 is 0 Å². The van der Waals surface area contributed by atoms with Crippen LogP contribution in [0.5, 0.6) is 0 Å². The fraction of sp³-hybridized carbons (Fsp3) is 0.650. The SMILES string of the molecule is Cc1noc(C)c1CCC(=O)N1CCC2(CC1)CN(Cc1nccs1)CCO2. The highest BCUT2D eigenvalue weighted by molar-refractivity contribution is 7.09. The molecule has 7 nitrogen and oxygen atoms in total. The minimum atomic E-state index is -0.117. The Balaban J connectivity index is 1.28. The first kappa shape index (κ1) is 19.5. The lowest BCUT2D eigenvalue weighted by atomic mass is 9.89. The lowest BCUT2D eigenvalue weighted by Gasteiger charge is -2.47. The molecule has 2 fully saturated rings. The molecule has 1 amide bonds. The van der Waals surface area contributed by atoms with Gasteiger partial charge in [-0.15, -0.1) is 11.3 Å². The number of carbonyl (C=O) groups is 1. The summed E-state index contributed by atoms with van der Waals surface area (Å²) in [7, 11) is 0. The Kier molecular flexibility index (Phi) is 5.80. The lowest BCUT2D eigenvalue weighted by Crippen LogP contribution is -2.57. The lowest BCUT2D eigenvalue weighted by molar-refractivity contribution is -0.151. The molecule has 1 spiro atoms. The highest BCUT2D eigenvalue weighted by Crippen LogP contribution is 2.31. The van der Waals surface area contributed by atoms with Crippen molar-refractivity contribution >= 4 is 17.2 Å². The van der Waals surface area contributed by atoms with E-state index in [2.05, 4.69) is 15.0 Å². The van der Waals surface area contributed by atoms with Gasteiger partial charge in [-0.25, -0.2) is 4.98 Å². The number of thiazole rings is 1. The number of likely N-dealkylation sites (tertiary alicyclic amines) is 1. The minimum absolute atomic E-state index is 0.117. The van der Waals surface area contributed by atoms with E-state index in [9.17, 15) is 4.79 Å². The molecule has 28 heavy (non-hydrogen) atoms. The second kappa shape index (κ2) is 8.31. The van der Waals surface area contributed by atoms with Crippen molar-refractivity contribution < 1.29 is 14.1 Å². The molecule has 8 heteroatoms. The number of hydrogen-bond acceptors (Lipinski definition) is 7. The zero-order valence-electron chi connectivity index (χ0n) is 16.6. The van der Waals surface area contributed by atoms with E-state index in [1.165, 1.54) is 0 Å². The van der Waals surface area contributed by atoms with Gasteiger partial charge < -0.3 is 14.2 Å². The van der Waals surface area contributed by atoms with Crippen LogP contribution in [0.15, 0.2) is 16.1 Å². The van der Waals surface area contributed by atoms with Crippen molar-refractivity contribution in [3.63, 3.8) is 0 Å². The third kappa shape index (κ3) is 4.29. The van der Waals surface area contributed by atoms with Crippen molar-refractivity contribution in [2.24, 2.45) is 0 Å². The van der Waals surface area contributed by atoms with Crippen LogP contribution >= 0.6 is 11.3 Å². The quantitative estimate of drug-likeness (QED) is 0.763. The first-order valence-electron chi connectivity index (χ1n) is 9.99. The second-order valence-electron chi connectivity index (χ2n) is 7.85. The van der Waals surface area contributed by atoms with Crippen LogP contribution in [-0.4, -0.2) is 64.2 Å². The van der Waals surface area contributed by atoms with Crippen LogP contribution in [0.25, 0.3) is 0 Å². The molecule has 0 bridgehead atoms. The molecule has 4 rings (SSSR count). The molecule has 2 aromatic rings. The van der Waals surface area contributed by atoms with E-state index in [1.54, 1.807) is 11.3 Å². The summed E-state index contributed by atoms with van der Waals surface area (Å²) < 4.78 is 11.4. The molecule has 0 aromatic carbocycles. The third-order valence-corrected chi connectivity index (χ3v) is 6.73. The Morgan fingerprint density at radius 2 is 2.11 bits per heavy atom. The van der Waals surface area contributed by atoms with Crippen LogP contribution in [0.3, 0.4) is 0 Å². The molecular formula is C20H28N4O3S. The standard InChI is InChI=1S/C20H28N4O3S/c1-15-17(16(2)27-22-15)3-4-19(25)24-8-5-20(6-9-24)14-23(10-11-26-20)13-18-21-7-12-28-18/h7,12H,3-6,8-11,13-14H2,1-2H3. The predicted molar refractivity (Wildman–Crippen MR) is 106 cm³/mol. The van der Waals surface area contributed by atoms with Crippen molar-refractivity contribution in [2.75, 3.05) is 32.8 Å². The van der Waals surface area contributed by atoms with Crippen molar-refractivity contribution in [2.45, 2.75) is 51.7 Å². The van der Waals surface area contributed by atoms with Crippen LogP contribution in [0.1, 0.15) is 41.3 Å². The molecule has 0 radical (unpaired) electrons. The summed E-state index contributed by atoms with van der Waals surface area (Å²) in [5, 5.41) is 7.15. The second-order valence-corrected chi connectivity index (χ2v) is 8.83. The van der Waals surface area contributed by atoms with Gasteiger partial charge in [-0.2, -0.15) is 0 Å². The minimum Gasteiger partial charge on any atom is -0.372 e. The number of piperidine rings is 1. The van der Waals surface area contributed by atoms with Gasteiger partial charge in [0.25, 0.3) is 0 Å². The van der Waals surface area contributed by atoms with Gasteiger partial charge in [0.1, 0.15) is 10.8 Å². The number of ether oxygens (including phenoxy) is 1. The number of rotatable bonds is 5. The number of carbonyl (C=O) groups excluding carboxylic acids is 1. The zero-order chi connectivity index (χ0) is 19.6. The fourth-order valence-corrected chi connectivity index (χ4v) is 4.95. The summed E-state index contributed by atoms with van der Waals surface area (Å²) in [6.07, 6.45) is 4.87. The number of nitrogens with zero attached hydrogens (tertiary/aromatic N) is 4. The average molecular weight is 405 g/mol. The largest absolute Gasteiger partial charge is 0.372 e. The molecule has 0 aliphatic carbocycles. The molecule has 4 heterocycles. The fourth-order valence-electron chi connectivity index (χ4n) is 4.30. The van der Waals surface area contributed by atoms with Gasteiger partial charge in [0.15, 0.2) is 0 Å². The van der Waals surface area contributed by atoms with Crippen LogP contribution in [0, 0.1) is 13.8 Å². The first-order chi connectivity index (χ1) is 13.5. The summed E-state index contributed by atoms with van der Waals surface area (Å²) in [6.45, 7) is 8.89. The number of morpholine rings is 1. The Hall–Kier alpha value is -1.77. The maximum atomic E-state index is 12.7. The van der Waals surface area contributed by atoms with E-state index in [0.29, 0.717) is 12.8 Å². The van der Waals surface area contributed by atoms with Gasteiger partial charge in [-0.3, -0.25) is 9.69 Å². The van der Waals surface area contributed by atoms with E-state index >= 15 is 0 Å². The van der Waals surface area contributed by atoms with E-state index in [4.69, 9.17) is 9.26 Å². The number of amides is 1. The van der Waals surface area contributed by atoms with Crippen molar-refractivity contribution in [3.05, 3.63) is 33.6 Å². The normalized spacial score (nSPS) is 20.0. The summed E-state index contributed by atoms with van der Waals surface area (Å²) in [4.78, 5) is 21.5. The molecule has 0 atom stereocenters. The zero-order valence-corrected chi connectivity index (χ0v) is 17.5. The number of aromatic nitrogens is 2. The molecule has 2 saturated heterocycles. The molecule has 152 valence electrons. The number of hydrogen-bond donors (Lipinski definition) is 0. The van der Waals surface area contributed by atoms with Crippen LogP contribution in [0.2, 0.25) is 0 Å². The van der Waals surface area contributed by atoms with Crippen LogP contribution in [0.4, 0.5) is 0 Å². The Bertz CT molecular complexity index is 777. The van der Waals surface area contributed by atoms with Gasteiger partial charge in [0.05, 0.1) is 24.4 Å². The average Bonchev–Trinajstić information content (AvgIpc) is 3.31. The molecule has 0 unspecified atom stereocenters. The van der Waals surface area contributed by atoms with Gasteiger partial charge in [0.2, 0.25) is 5.91 Å². The molecule has 0 N–H and O–H groups in total.